The fraction of sp³-hybridized carbons (Fsp3) is 0.233. The van der Waals surface area contributed by atoms with Crippen LogP contribution in [0.5, 0.6) is 5.88 Å². The van der Waals surface area contributed by atoms with Crippen molar-refractivity contribution >= 4 is 34.2 Å². The van der Waals surface area contributed by atoms with Crippen LogP contribution in [0.2, 0.25) is 0 Å². The number of fused-ring (bicyclic) bond motifs is 1. The number of carboxylic acids is 1. The van der Waals surface area contributed by atoms with Crippen LogP contribution in [-0.4, -0.2) is 89.0 Å². The van der Waals surface area contributed by atoms with Gasteiger partial charge in [-0.15, -0.1) is 0 Å². The molecule has 4 aromatic rings. The monoisotopic (exact) mass is 559 g/mol. The molecule has 0 radical (unpaired) electrons. The summed E-state index contributed by atoms with van der Waals surface area (Å²) in [5.74, 6) is -2.80. The van der Waals surface area contributed by atoms with E-state index in [1.807, 2.05) is 6.07 Å². The number of hydroxylamine groups is 1. The first-order chi connectivity index (χ1) is 19.8. The summed E-state index contributed by atoms with van der Waals surface area (Å²) in [6.07, 6.45) is 0. The summed E-state index contributed by atoms with van der Waals surface area (Å²) in [7, 11) is 2.08. The minimum absolute atomic E-state index is 0.0581. The van der Waals surface area contributed by atoms with Crippen LogP contribution in [0.25, 0.3) is 10.9 Å². The van der Waals surface area contributed by atoms with Crippen molar-refractivity contribution in [2.24, 2.45) is 4.99 Å². The Morgan fingerprint density at radius 1 is 1.02 bits per heavy atom. The molecule has 10 nitrogen and oxygen atoms in total. The van der Waals surface area contributed by atoms with Crippen molar-refractivity contribution in [1.82, 2.24) is 20.3 Å². The number of carbonyl (C=O) groups is 2. The number of rotatable bonds is 9. The molecule has 1 aliphatic heterocycles. The molecule has 5 rings (SSSR count). The first kappa shape index (κ1) is 28.0. The van der Waals surface area contributed by atoms with E-state index in [0.717, 1.165) is 32.2 Å². The van der Waals surface area contributed by atoms with Gasteiger partial charge in [-0.05, 0) is 31.3 Å². The molecule has 0 spiro atoms. The van der Waals surface area contributed by atoms with Crippen molar-refractivity contribution < 1.29 is 29.0 Å². The highest BCUT2D eigenvalue weighted by molar-refractivity contribution is 6.22. The van der Waals surface area contributed by atoms with Gasteiger partial charge in [0.15, 0.2) is 5.88 Å². The minimum atomic E-state index is -1.10. The number of aromatic nitrogens is 1. The number of hydrogen-bond donors (Lipinski definition) is 4. The van der Waals surface area contributed by atoms with Gasteiger partial charge in [0.2, 0.25) is 0 Å². The Balaban J connectivity index is 1.37. The van der Waals surface area contributed by atoms with Crippen LogP contribution in [0.15, 0.2) is 71.7 Å². The fourth-order valence-electron chi connectivity index (χ4n) is 4.72. The zero-order valence-electron chi connectivity index (χ0n) is 22.4. The minimum Gasteiger partial charge on any atom is -0.494 e. The zero-order valence-corrected chi connectivity index (χ0v) is 22.4. The molecule has 0 aliphatic carbocycles. The lowest BCUT2D eigenvalue weighted by molar-refractivity contribution is 0.0174. The summed E-state index contributed by atoms with van der Waals surface area (Å²) in [6.45, 7) is 4.74. The van der Waals surface area contributed by atoms with Gasteiger partial charge in [-0.3, -0.25) is 14.5 Å². The first-order valence-corrected chi connectivity index (χ1v) is 13.1. The van der Waals surface area contributed by atoms with Crippen molar-refractivity contribution in [1.29, 1.82) is 0 Å². The van der Waals surface area contributed by atoms with Crippen LogP contribution in [0.1, 0.15) is 31.8 Å². The van der Waals surface area contributed by atoms with E-state index >= 15 is 4.39 Å². The molecule has 1 saturated heterocycles. The van der Waals surface area contributed by atoms with Gasteiger partial charge >= 0.3 is 5.97 Å². The Kier molecular flexibility index (Phi) is 8.39. The molecule has 4 N–H and O–H groups in total. The molecule has 1 aromatic heterocycles. The molecule has 1 aliphatic rings. The largest absolute Gasteiger partial charge is 0.494 e. The number of piperazine rings is 1. The van der Waals surface area contributed by atoms with Gasteiger partial charge in [0, 0.05) is 55.3 Å². The Morgan fingerprint density at radius 3 is 2.49 bits per heavy atom. The maximum Gasteiger partial charge on any atom is 0.335 e. The Hall–Kier alpha value is -4.58. The number of nitrogens with one attached hydrogen (secondary N) is 2. The third kappa shape index (κ3) is 6.43. The maximum absolute atomic E-state index is 15.1. The van der Waals surface area contributed by atoms with E-state index in [1.165, 1.54) is 24.3 Å². The van der Waals surface area contributed by atoms with Gasteiger partial charge in [-0.2, -0.15) is 0 Å². The number of benzene rings is 3. The van der Waals surface area contributed by atoms with Crippen LogP contribution >= 0.6 is 0 Å². The number of H-pyrrole nitrogens is 1. The van der Waals surface area contributed by atoms with Gasteiger partial charge in [0.1, 0.15) is 5.82 Å². The number of nitrogens with zero attached hydrogens (tertiary/aromatic N) is 3. The molecule has 212 valence electrons. The van der Waals surface area contributed by atoms with Crippen molar-refractivity contribution in [3.05, 3.63) is 94.8 Å². The highest BCUT2D eigenvalue weighted by atomic mass is 19.1. The summed E-state index contributed by atoms with van der Waals surface area (Å²) >= 11 is 0. The molecule has 0 unspecified atom stereocenters. The van der Waals surface area contributed by atoms with Gasteiger partial charge in [0.05, 0.1) is 34.7 Å². The molecule has 0 atom stereocenters. The van der Waals surface area contributed by atoms with Crippen LogP contribution in [0.4, 0.5) is 10.1 Å². The average molecular weight is 560 g/mol. The molecule has 1 fully saturated rings. The second-order valence-corrected chi connectivity index (χ2v) is 9.83. The first-order valence-electron chi connectivity index (χ1n) is 13.1. The second kappa shape index (κ2) is 12.3. The van der Waals surface area contributed by atoms with E-state index in [-0.39, 0.29) is 29.3 Å². The summed E-state index contributed by atoms with van der Waals surface area (Å²) in [4.78, 5) is 41.2. The summed E-state index contributed by atoms with van der Waals surface area (Å²) in [5, 5.41) is 20.7. The molecular weight excluding hydrogens is 529 g/mol. The number of likely N-dealkylation sites (N-methyl/N-ethyl adjacent to an activating group) is 1. The molecule has 0 bridgehead atoms. The summed E-state index contributed by atoms with van der Waals surface area (Å²) < 4.78 is 15.1. The molecule has 2 heterocycles. The fourth-order valence-corrected chi connectivity index (χ4v) is 4.72. The quantitative estimate of drug-likeness (QED) is 0.139. The number of amides is 1. The van der Waals surface area contributed by atoms with Crippen LogP contribution in [0, 0.1) is 5.82 Å². The van der Waals surface area contributed by atoms with E-state index < -0.39 is 17.7 Å². The number of aliphatic imine (C=N–C) groups is 1. The lowest BCUT2D eigenvalue weighted by atomic mass is 10.00. The third-order valence-electron chi connectivity index (χ3n) is 7.02. The van der Waals surface area contributed by atoms with Gasteiger partial charge in [-0.25, -0.2) is 19.7 Å². The highest BCUT2D eigenvalue weighted by Gasteiger charge is 2.21. The molecule has 41 heavy (non-hydrogen) atoms. The highest BCUT2D eigenvalue weighted by Crippen LogP contribution is 2.32. The van der Waals surface area contributed by atoms with E-state index in [1.54, 1.807) is 30.3 Å². The number of halogens is 1. The Bertz CT molecular complexity index is 1600. The molecule has 0 saturated carbocycles. The van der Waals surface area contributed by atoms with Crippen LogP contribution in [0.3, 0.4) is 0 Å². The topological polar surface area (TPSA) is 130 Å². The van der Waals surface area contributed by atoms with E-state index in [2.05, 4.69) is 32.3 Å². The number of aromatic amines is 1. The van der Waals surface area contributed by atoms with Crippen LogP contribution < -0.4 is 5.48 Å². The van der Waals surface area contributed by atoms with Gasteiger partial charge in [-0.1, -0.05) is 36.4 Å². The molecule has 11 heteroatoms. The number of aromatic carboxylic acids is 1. The van der Waals surface area contributed by atoms with Gasteiger partial charge in [0.25, 0.3) is 5.91 Å². The lowest BCUT2D eigenvalue weighted by Crippen LogP contribution is -2.45. The van der Waals surface area contributed by atoms with Crippen molar-refractivity contribution in [2.75, 3.05) is 46.4 Å². The number of aromatic hydroxyl groups is 1. The predicted octanol–water partition coefficient (Wildman–Crippen LogP) is 3.79. The van der Waals surface area contributed by atoms with Crippen molar-refractivity contribution in [3.8, 4) is 5.88 Å². The molecule has 1 amide bonds. The standard InChI is InChI=1S/C30H30FN5O5/c1-35-11-13-36(14-12-35)15-16-41-34-28(37)22-10-8-21(18-24(22)31)32-27(19-5-3-2-4-6-19)26-23-9-7-20(30(39)40)17-25(23)33-29(26)38/h2-10,17-18,33,38H,11-16H2,1H3,(H,34,37)(H,39,40). The average Bonchev–Trinajstić information content (AvgIpc) is 3.30. The Labute approximate surface area is 235 Å². The molecule has 3 aromatic carbocycles. The normalized spacial score (nSPS) is 14.8. The maximum atomic E-state index is 15.1. The third-order valence-corrected chi connectivity index (χ3v) is 7.02. The number of carbonyl (C=O) groups excluding carboxylic acids is 1. The summed E-state index contributed by atoms with van der Waals surface area (Å²) in [5.41, 5.74) is 4.10. The lowest BCUT2D eigenvalue weighted by Gasteiger charge is -2.32. The van der Waals surface area contributed by atoms with E-state index in [9.17, 15) is 19.8 Å². The van der Waals surface area contributed by atoms with Crippen LogP contribution in [-0.2, 0) is 4.84 Å². The van der Waals surface area contributed by atoms with E-state index in [4.69, 9.17) is 4.84 Å². The second-order valence-electron chi connectivity index (χ2n) is 9.83. The van der Waals surface area contributed by atoms with E-state index in [0.29, 0.717) is 34.3 Å². The number of hydrogen-bond acceptors (Lipinski definition) is 7. The van der Waals surface area contributed by atoms with Crippen molar-refractivity contribution in [3.63, 3.8) is 0 Å². The molecular formula is C30H30FN5O5. The summed E-state index contributed by atoms with van der Waals surface area (Å²) in [6, 6.07) is 17.4. The predicted molar refractivity (Wildman–Crippen MR) is 152 cm³/mol. The zero-order chi connectivity index (χ0) is 28.9. The smallest absolute Gasteiger partial charge is 0.335 e. The van der Waals surface area contributed by atoms with Gasteiger partial charge < -0.3 is 20.1 Å². The number of carboxylic acid groups (broad SMARTS) is 1. The SMILES string of the molecule is CN1CCN(CCONC(=O)c2ccc(N=C(c3ccccc3)c3c(O)[nH]c4cc(C(=O)O)ccc34)cc2F)CC1. The van der Waals surface area contributed by atoms with Crippen molar-refractivity contribution in [2.45, 2.75) is 0 Å². The Morgan fingerprint density at radius 2 is 1.78 bits per heavy atom.